The van der Waals surface area contributed by atoms with Gasteiger partial charge in [-0.1, -0.05) is 31.9 Å². The summed E-state index contributed by atoms with van der Waals surface area (Å²) in [7, 11) is -3.43. The molecule has 0 N–H and O–H groups in total. The number of carbonyl (C=O) groups is 1. The maximum Gasteiger partial charge on any atom is 0.246 e. The van der Waals surface area contributed by atoms with Crippen molar-refractivity contribution in [3.8, 4) is 0 Å². The molecule has 2 saturated heterocycles. The Morgan fingerprint density at radius 2 is 1.64 bits per heavy atom. The van der Waals surface area contributed by atoms with Gasteiger partial charge in [-0.25, -0.2) is 8.42 Å². The molecule has 6 heteroatoms. The molecule has 0 aromatic heterocycles. The molecule has 1 amide bonds. The lowest BCUT2D eigenvalue weighted by atomic mass is 10.00. The zero-order chi connectivity index (χ0) is 20.0. The van der Waals surface area contributed by atoms with Crippen LogP contribution in [0.1, 0.15) is 63.9 Å². The van der Waals surface area contributed by atoms with Gasteiger partial charge >= 0.3 is 0 Å². The highest BCUT2D eigenvalue weighted by atomic mass is 32.2. The third kappa shape index (κ3) is 5.03. The molecule has 0 spiro atoms. The van der Waals surface area contributed by atoms with E-state index in [1.165, 1.54) is 6.42 Å². The summed E-state index contributed by atoms with van der Waals surface area (Å²) in [5, 5.41) is 0. The number of amides is 1. The third-order valence-corrected chi connectivity index (χ3v) is 7.80. The average Bonchev–Trinajstić information content (AvgIpc) is 3.02. The van der Waals surface area contributed by atoms with E-state index in [9.17, 15) is 13.2 Å². The first kappa shape index (κ1) is 21.1. The van der Waals surface area contributed by atoms with Gasteiger partial charge in [0.15, 0.2) is 0 Å². The molecule has 0 radical (unpaired) electrons. The molecule has 3 rings (SSSR count). The SMILES string of the molecule is CCC1CCCCN1C(=O)C=Cc1ccc(S(=O)(=O)N2CCCCCC2)cc1. The van der Waals surface area contributed by atoms with E-state index >= 15 is 0 Å². The molecular weight excluding hydrogens is 372 g/mol. The minimum Gasteiger partial charge on any atom is -0.336 e. The van der Waals surface area contributed by atoms with E-state index in [1.54, 1.807) is 40.7 Å². The van der Waals surface area contributed by atoms with Crippen LogP contribution in [0.5, 0.6) is 0 Å². The van der Waals surface area contributed by atoms with E-state index in [0.717, 1.165) is 57.1 Å². The van der Waals surface area contributed by atoms with E-state index in [1.807, 2.05) is 4.90 Å². The lowest BCUT2D eigenvalue weighted by molar-refractivity contribution is -0.129. The van der Waals surface area contributed by atoms with Gasteiger partial charge in [-0.3, -0.25) is 4.79 Å². The Morgan fingerprint density at radius 1 is 1.00 bits per heavy atom. The Labute approximate surface area is 169 Å². The number of carbonyl (C=O) groups excluding carboxylic acids is 1. The summed E-state index contributed by atoms with van der Waals surface area (Å²) in [6, 6.07) is 7.21. The molecule has 2 aliphatic rings. The largest absolute Gasteiger partial charge is 0.336 e. The van der Waals surface area contributed by atoms with Gasteiger partial charge < -0.3 is 4.90 Å². The van der Waals surface area contributed by atoms with Crippen LogP contribution in [-0.2, 0) is 14.8 Å². The second kappa shape index (κ2) is 9.70. The molecule has 2 heterocycles. The fourth-order valence-electron chi connectivity index (χ4n) is 4.16. The second-order valence-electron chi connectivity index (χ2n) is 7.81. The summed E-state index contributed by atoms with van der Waals surface area (Å²) in [6.07, 6.45) is 11.8. The molecule has 1 atom stereocenters. The molecule has 0 bridgehead atoms. The van der Waals surface area contributed by atoms with Crippen LogP contribution in [0.4, 0.5) is 0 Å². The van der Waals surface area contributed by atoms with Crippen LogP contribution in [0.3, 0.4) is 0 Å². The number of sulfonamides is 1. The Hall–Kier alpha value is -1.66. The molecule has 5 nitrogen and oxygen atoms in total. The summed E-state index contributed by atoms with van der Waals surface area (Å²) in [5.41, 5.74) is 0.841. The van der Waals surface area contributed by atoms with Crippen molar-refractivity contribution in [1.29, 1.82) is 0 Å². The first-order valence-electron chi connectivity index (χ1n) is 10.6. The second-order valence-corrected chi connectivity index (χ2v) is 9.75. The Morgan fingerprint density at radius 3 is 2.29 bits per heavy atom. The van der Waals surface area contributed by atoms with Gasteiger partial charge in [-0.15, -0.1) is 0 Å². The van der Waals surface area contributed by atoms with E-state index in [-0.39, 0.29) is 5.91 Å². The first-order valence-corrected chi connectivity index (χ1v) is 12.1. The lowest BCUT2D eigenvalue weighted by Gasteiger charge is -2.34. The molecule has 1 aromatic carbocycles. The van der Waals surface area contributed by atoms with Gasteiger partial charge in [0.25, 0.3) is 0 Å². The maximum absolute atomic E-state index is 12.8. The van der Waals surface area contributed by atoms with Crippen molar-refractivity contribution in [3.63, 3.8) is 0 Å². The molecule has 2 aliphatic heterocycles. The Kier molecular flexibility index (Phi) is 7.30. The standard InChI is InChI=1S/C22H32N2O3S/c1-2-20-9-5-8-18-24(20)22(25)15-12-19-10-13-21(14-11-19)28(26,27)23-16-6-3-4-7-17-23/h10-15,20H,2-9,16-18H2,1H3. The average molecular weight is 405 g/mol. The number of rotatable bonds is 5. The van der Waals surface area contributed by atoms with Crippen molar-refractivity contribution in [1.82, 2.24) is 9.21 Å². The van der Waals surface area contributed by atoms with Gasteiger partial charge in [0.1, 0.15) is 0 Å². The number of hydrogen-bond donors (Lipinski definition) is 0. The van der Waals surface area contributed by atoms with Gasteiger partial charge in [0.2, 0.25) is 15.9 Å². The highest BCUT2D eigenvalue weighted by Gasteiger charge is 2.25. The van der Waals surface area contributed by atoms with E-state index in [2.05, 4.69) is 6.92 Å². The predicted octanol–water partition coefficient (Wildman–Crippen LogP) is 4.06. The molecule has 28 heavy (non-hydrogen) atoms. The zero-order valence-electron chi connectivity index (χ0n) is 16.8. The van der Waals surface area contributed by atoms with Crippen molar-refractivity contribution in [2.24, 2.45) is 0 Å². The molecule has 0 saturated carbocycles. The van der Waals surface area contributed by atoms with Crippen molar-refractivity contribution < 1.29 is 13.2 Å². The smallest absolute Gasteiger partial charge is 0.246 e. The normalized spacial score (nSPS) is 22.3. The highest BCUT2D eigenvalue weighted by molar-refractivity contribution is 7.89. The quantitative estimate of drug-likeness (QED) is 0.696. The number of piperidine rings is 1. The number of nitrogens with zero attached hydrogens (tertiary/aromatic N) is 2. The first-order chi connectivity index (χ1) is 13.5. The van der Waals surface area contributed by atoms with Gasteiger partial charge in [0.05, 0.1) is 4.90 Å². The summed E-state index contributed by atoms with van der Waals surface area (Å²) >= 11 is 0. The van der Waals surface area contributed by atoms with E-state index < -0.39 is 10.0 Å². The summed E-state index contributed by atoms with van der Waals surface area (Å²) in [4.78, 5) is 14.8. The van der Waals surface area contributed by atoms with Crippen molar-refractivity contribution in [2.45, 2.75) is 69.2 Å². The highest BCUT2D eigenvalue weighted by Crippen LogP contribution is 2.22. The van der Waals surface area contributed by atoms with Crippen LogP contribution < -0.4 is 0 Å². The molecule has 1 aromatic rings. The molecule has 0 aliphatic carbocycles. The minimum atomic E-state index is -3.43. The van der Waals surface area contributed by atoms with Crippen molar-refractivity contribution >= 4 is 22.0 Å². The maximum atomic E-state index is 12.8. The molecular formula is C22H32N2O3S. The van der Waals surface area contributed by atoms with E-state index in [4.69, 9.17) is 0 Å². The lowest BCUT2D eigenvalue weighted by Crippen LogP contribution is -2.42. The van der Waals surface area contributed by atoms with Crippen molar-refractivity contribution in [2.75, 3.05) is 19.6 Å². The fraction of sp³-hybridized carbons (Fsp3) is 0.591. The number of benzene rings is 1. The zero-order valence-corrected chi connectivity index (χ0v) is 17.7. The Bertz CT molecular complexity index is 779. The monoisotopic (exact) mass is 404 g/mol. The van der Waals surface area contributed by atoms with Crippen LogP contribution in [0.2, 0.25) is 0 Å². The van der Waals surface area contributed by atoms with Crippen molar-refractivity contribution in [3.05, 3.63) is 35.9 Å². The Balaban J connectivity index is 1.66. The van der Waals surface area contributed by atoms with E-state index in [0.29, 0.717) is 24.0 Å². The van der Waals surface area contributed by atoms with Crippen LogP contribution in [0.15, 0.2) is 35.2 Å². The summed E-state index contributed by atoms with van der Waals surface area (Å²) in [5.74, 6) is 0.0489. The molecule has 2 fully saturated rings. The van der Waals surface area contributed by atoms with Gasteiger partial charge in [-0.05, 0) is 62.3 Å². The van der Waals surface area contributed by atoms with Crippen LogP contribution >= 0.6 is 0 Å². The minimum absolute atomic E-state index is 0.0489. The third-order valence-electron chi connectivity index (χ3n) is 5.88. The molecule has 154 valence electrons. The predicted molar refractivity (Wildman–Crippen MR) is 112 cm³/mol. The number of hydrogen-bond acceptors (Lipinski definition) is 3. The fourth-order valence-corrected chi connectivity index (χ4v) is 5.68. The van der Waals surface area contributed by atoms with Crippen LogP contribution in [-0.4, -0.2) is 49.2 Å². The summed E-state index contributed by atoms with van der Waals surface area (Å²) in [6.45, 7) is 4.16. The summed E-state index contributed by atoms with van der Waals surface area (Å²) < 4.78 is 27.3. The van der Waals surface area contributed by atoms with Gasteiger partial charge in [-0.2, -0.15) is 4.31 Å². The topological polar surface area (TPSA) is 57.7 Å². The number of likely N-dealkylation sites (tertiary alicyclic amines) is 1. The van der Waals surface area contributed by atoms with Crippen LogP contribution in [0.25, 0.3) is 6.08 Å². The molecule has 1 unspecified atom stereocenters. The van der Waals surface area contributed by atoms with Gasteiger partial charge in [0, 0.05) is 31.8 Å². The van der Waals surface area contributed by atoms with Crippen LogP contribution in [0, 0.1) is 0 Å².